The average Bonchev–Trinajstić information content (AvgIpc) is 2.62. The van der Waals surface area contributed by atoms with Crippen molar-refractivity contribution >= 4 is 5.84 Å². The molecule has 18 heavy (non-hydrogen) atoms. The van der Waals surface area contributed by atoms with E-state index in [0.717, 1.165) is 23.5 Å². The Balaban J connectivity index is 2.49. The molecule has 1 aliphatic heterocycles. The van der Waals surface area contributed by atoms with Crippen LogP contribution in [0.4, 0.5) is 0 Å². The summed E-state index contributed by atoms with van der Waals surface area (Å²) in [5.41, 5.74) is 0.145. The summed E-state index contributed by atoms with van der Waals surface area (Å²) >= 11 is 0. The first kappa shape index (κ1) is 13.1. The van der Waals surface area contributed by atoms with Crippen molar-refractivity contribution < 1.29 is 5.21 Å². The van der Waals surface area contributed by atoms with E-state index in [1.54, 1.807) is 0 Å². The molecule has 1 heterocycles. The molecule has 1 aliphatic rings. The number of hydroxylamine groups is 2. The molecule has 1 aromatic carbocycles. The third-order valence-electron chi connectivity index (χ3n) is 4.56. The molecule has 0 saturated carbocycles. The van der Waals surface area contributed by atoms with Crippen molar-refractivity contribution in [1.29, 1.82) is 0 Å². The fourth-order valence-corrected chi connectivity index (χ4v) is 2.61. The maximum absolute atomic E-state index is 12.6. The van der Waals surface area contributed by atoms with Crippen LogP contribution in [0.2, 0.25) is 0 Å². The number of aliphatic imine (C=N–C) groups is 1. The second-order valence-corrected chi connectivity index (χ2v) is 5.35. The van der Waals surface area contributed by atoms with Crippen molar-refractivity contribution in [2.24, 2.45) is 4.99 Å². The van der Waals surface area contributed by atoms with Crippen LogP contribution in [0.5, 0.6) is 0 Å². The van der Waals surface area contributed by atoms with E-state index in [9.17, 15) is 5.21 Å². The monoisotopic (exact) mass is 245 g/mol. The lowest BCUT2D eigenvalue weighted by atomic mass is 9.77. The highest BCUT2D eigenvalue weighted by atomic mass is 16.5. The molecular weight excluding hydrogens is 224 g/mol. The van der Waals surface area contributed by atoms with Crippen LogP contribution < -0.4 is 0 Å². The van der Waals surface area contributed by atoms with Gasteiger partial charge in [-0.15, -0.1) is 0 Å². The maximum Gasteiger partial charge on any atom is 0.159 e. The Morgan fingerprint density at radius 2 is 1.72 bits per heavy atom. The van der Waals surface area contributed by atoms with Gasteiger partial charge in [0, 0.05) is 5.56 Å². The summed E-state index contributed by atoms with van der Waals surface area (Å²) in [5, 5.41) is 13.7. The highest BCUT2D eigenvalue weighted by molar-refractivity contribution is 6.00. The Morgan fingerprint density at radius 3 is 2.17 bits per heavy atom. The van der Waals surface area contributed by atoms with Gasteiger partial charge in [0.2, 0.25) is 0 Å². The normalized spacial score (nSPS) is 31.6. The van der Waals surface area contributed by atoms with Crippen LogP contribution in [-0.2, 0) is 5.21 Å². The minimum absolute atomic E-state index is 0.311. The van der Waals surface area contributed by atoms with Crippen LogP contribution in [0.1, 0.15) is 46.1 Å². The van der Waals surface area contributed by atoms with Gasteiger partial charge in [-0.25, -0.2) is 0 Å². The molecule has 3 heteroatoms. The Kier molecular flexibility index (Phi) is 3.20. The van der Waals surface area contributed by atoms with E-state index in [-0.39, 0.29) is 5.54 Å². The minimum Gasteiger partial charge on any atom is -0.257 e. The Labute approximate surface area is 109 Å². The van der Waals surface area contributed by atoms with Crippen LogP contribution >= 0.6 is 0 Å². The predicted molar refractivity (Wildman–Crippen MR) is 72.9 cm³/mol. The van der Waals surface area contributed by atoms with E-state index in [2.05, 4.69) is 20.8 Å². The molecule has 2 atom stereocenters. The SMILES string of the molecule is CC[C@]1(C)N=C(c2ccccc2)N([O])[C@@]1(C)CC. The van der Waals surface area contributed by atoms with Crippen LogP contribution in [0.25, 0.3) is 0 Å². The van der Waals surface area contributed by atoms with Gasteiger partial charge in [-0.05, 0) is 26.7 Å². The van der Waals surface area contributed by atoms with Crippen molar-refractivity contribution in [1.82, 2.24) is 5.06 Å². The molecule has 0 aliphatic carbocycles. The number of nitrogens with zero attached hydrogens (tertiary/aromatic N) is 2. The van der Waals surface area contributed by atoms with Crippen LogP contribution in [0, 0.1) is 0 Å². The molecule has 1 aromatic rings. The fraction of sp³-hybridized carbons (Fsp3) is 0.533. The average molecular weight is 245 g/mol. The third-order valence-corrected chi connectivity index (χ3v) is 4.56. The largest absolute Gasteiger partial charge is 0.257 e. The van der Waals surface area contributed by atoms with Gasteiger partial charge in [-0.1, -0.05) is 49.4 Å². The summed E-state index contributed by atoms with van der Waals surface area (Å²) in [6, 6.07) is 9.72. The third kappa shape index (κ3) is 1.65. The zero-order valence-corrected chi connectivity index (χ0v) is 11.6. The van der Waals surface area contributed by atoms with Gasteiger partial charge in [0.05, 0.1) is 11.1 Å². The van der Waals surface area contributed by atoms with Crippen molar-refractivity contribution in [3.8, 4) is 0 Å². The molecule has 3 nitrogen and oxygen atoms in total. The zero-order valence-electron chi connectivity index (χ0n) is 11.6. The Bertz CT molecular complexity index is 457. The van der Waals surface area contributed by atoms with Crippen molar-refractivity contribution in [3.63, 3.8) is 0 Å². The van der Waals surface area contributed by atoms with Crippen molar-refractivity contribution in [2.45, 2.75) is 51.6 Å². The van der Waals surface area contributed by atoms with Gasteiger partial charge >= 0.3 is 0 Å². The smallest absolute Gasteiger partial charge is 0.159 e. The molecule has 0 bridgehead atoms. The van der Waals surface area contributed by atoms with E-state index < -0.39 is 5.54 Å². The number of amidine groups is 1. The number of benzene rings is 1. The topological polar surface area (TPSA) is 35.5 Å². The van der Waals surface area contributed by atoms with Crippen LogP contribution in [0.15, 0.2) is 35.3 Å². The zero-order chi connectivity index (χ0) is 13.4. The fourth-order valence-electron chi connectivity index (χ4n) is 2.61. The summed E-state index contributed by atoms with van der Waals surface area (Å²) in [7, 11) is 0. The molecule has 0 aromatic heterocycles. The highest BCUT2D eigenvalue weighted by Gasteiger charge is 2.53. The first-order valence-electron chi connectivity index (χ1n) is 6.61. The molecule has 2 rings (SSSR count). The predicted octanol–water partition coefficient (Wildman–Crippen LogP) is 3.43. The summed E-state index contributed by atoms with van der Waals surface area (Å²) in [5.74, 6) is 0.573. The molecular formula is C15H21N2O. The lowest BCUT2D eigenvalue weighted by Gasteiger charge is -2.40. The quantitative estimate of drug-likeness (QED) is 0.803. The van der Waals surface area contributed by atoms with Gasteiger partial charge in [-0.2, -0.15) is 5.06 Å². The molecule has 0 spiro atoms. The number of hydrogen-bond donors (Lipinski definition) is 0. The second-order valence-electron chi connectivity index (χ2n) is 5.35. The lowest BCUT2D eigenvalue weighted by Crippen LogP contribution is -2.54. The van der Waals surface area contributed by atoms with E-state index >= 15 is 0 Å². The van der Waals surface area contributed by atoms with E-state index in [1.165, 1.54) is 0 Å². The summed E-state index contributed by atoms with van der Waals surface area (Å²) in [6.45, 7) is 8.25. The van der Waals surface area contributed by atoms with Crippen molar-refractivity contribution in [3.05, 3.63) is 35.9 Å². The number of hydrogen-bond acceptors (Lipinski definition) is 2. The van der Waals surface area contributed by atoms with Crippen LogP contribution in [-0.4, -0.2) is 22.0 Å². The van der Waals surface area contributed by atoms with Gasteiger partial charge < -0.3 is 0 Å². The van der Waals surface area contributed by atoms with E-state index in [4.69, 9.17) is 4.99 Å². The molecule has 0 unspecified atom stereocenters. The standard InChI is InChI=1S/C15H21N2O/c1-5-14(3)15(4,6-2)17(18)13(16-14)12-10-8-7-9-11-12/h7-11H,5-6H2,1-4H3/t14-,15-/m0/s1. The molecule has 0 fully saturated rings. The number of rotatable bonds is 3. The Morgan fingerprint density at radius 1 is 1.11 bits per heavy atom. The molecule has 1 radical (unpaired) electrons. The van der Waals surface area contributed by atoms with Gasteiger partial charge in [0.1, 0.15) is 0 Å². The van der Waals surface area contributed by atoms with Crippen molar-refractivity contribution in [2.75, 3.05) is 0 Å². The maximum atomic E-state index is 12.6. The lowest BCUT2D eigenvalue weighted by molar-refractivity contribution is -0.168. The summed E-state index contributed by atoms with van der Waals surface area (Å²) < 4.78 is 0. The highest BCUT2D eigenvalue weighted by Crippen LogP contribution is 2.42. The van der Waals surface area contributed by atoms with Gasteiger partial charge in [-0.3, -0.25) is 4.99 Å². The van der Waals surface area contributed by atoms with E-state index in [0.29, 0.717) is 5.84 Å². The van der Waals surface area contributed by atoms with E-state index in [1.807, 2.05) is 37.3 Å². The molecule has 97 valence electrons. The summed E-state index contributed by atoms with van der Waals surface area (Å²) in [4.78, 5) is 4.74. The molecule has 0 saturated heterocycles. The second kappa shape index (κ2) is 4.39. The minimum atomic E-state index is -0.451. The first-order chi connectivity index (χ1) is 8.48. The molecule has 0 N–H and O–H groups in total. The van der Waals surface area contributed by atoms with Gasteiger partial charge in [0.25, 0.3) is 0 Å². The first-order valence-corrected chi connectivity index (χ1v) is 6.61. The summed E-state index contributed by atoms with van der Waals surface area (Å²) in [6.07, 6.45) is 1.66. The molecule has 0 amide bonds. The van der Waals surface area contributed by atoms with Crippen LogP contribution in [0.3, 0.4) is 0 Å². The van der Waals surface area contributed by atoms with Gasteiger partial charge in [0.15, 0.2) is 5.84 Å². The Hall–Kier alpha value is -1.35.